The number of nitriles is 1. The second-order valence-corrected chi connectivity index (χ2v) is 7.62. The lowest BCUT2D eigenvalue weighted by Crippen LogP contribution is -2.19. The smallest absolute Gasteiger partial charge is 0.318 e. The van der Waals surface area contributed by atoms with E-state index in [1.54, 1.807) is 14.2 Å². The van der Waals surface area contributed by atoms with Gasteiger partial charge in [0.25, 0.3) is 0 Å². The second-order valence-electron chi connectivity index (χ2n) is 7.62. The van der Waals surface area contributed by atoms with Crippen LogP contribution in [0.2, 0.25) is 0 Å². The number of methoxy groups -OCH3 is 2. The lowest BCUT2D eigenvalue weighted by molar-refractivity contribution is 0.380. The van der Waals surface area contributed by atoms with Crippen LogP contribution in [0.1, 0.15) is 12.5 Å². The minimum absolute atomic E-state index is 0.290. The lowest BCUT2D eigenvalue weighted by Gasteiger charge is -2.25. The minimum atomic E-state index is 0.290. The molecule has 170 valence electrons. The molecule has 0 unspecified atom stereocenters. The number of nitrogens with zero attached hydrogens (tertiary/aromatic N) is 4. The van der Waals surface area contributed by atoms with Crippen molar-refractivity contribution in [2.24, 2.45) is 0 Å². The van der Waals surface area contributed by atoms with Gasteiger partial charge in [0.1, 0.15) is 11.6 Å². The minimum Gasteiger partial charge on any atom is -0.497 e. The first kappa shape index (κ1) is 22.8. The van der Waals surface area contributed by atoms with Crippen molar-refractivity contribution in [2.75, 3.05) is 25.7 Å². The van der Waals surface area contributed by atoms with Crippen molar-refractivity contribution >= 4 is 11.5 Å². The first-order chi connectivity index (χ1) is 16.7. The van der Waals surface area contributed by atoms with Crippen LogP contribution < -0.4 is 14.4 Å². The Morgan fingerprint density at radius 3 is 2.35 bits per heavy atom. The molecule has 0 radical (unpaired) electrons. The summed E-state index contributed by atoms with van der Waals surface area (Å²) in [6.07, 6.45) is 0.346. The van der Waals surface area contributed by atoms with Crippen molar-refractivity contribution in [1.29, 1.82) is 5.26 Å². The Bertz CT molecular complexity index is 1310. The molecule has 6 nitrogen and oxygen atoms in total. The van der Waals surface area contributed by atoms with E-state index in [0.29, 0.717) is 19.0 Å². The third kappa shape index (κ3) is 4.84. The first-order valence-electron chi connectivity index (χ1n) is 11.1. The van der Waals surface area contributed by atoms with Crippen molar-refractivity contribution in [2.45, 2.75) is 13.3 Å². The fraction of sp³-hybridized carbons (Fsp3) is 0.179. The van der Waals surface area contributed by atoms with E-state index in [4.69, 9.17) is 14.7 Å². The number of hydrogen-bond donors (Lipinski definition) is 0. The molecular weight excluding hydrogens is 424 g/mol. The summed E-state index contributed by atoms with van der Waals surface area (Å²) >= 11 is 0. The van der Waals surface area contributed by atoms with Crippen molar-refractivity contribution in [3.8, 4) is 40.2 Å². The Hall–Kier alpha value is -4.37. The van der Waals surface area contributed by atoms with Crippen molar-refractivity contribution < 1.29 is 9.47 Å². The van der Waals surface area contributed by atoms with E-state index in [2.05, 4.69) is 52.1 Å². The third-order valence-electron chi connectivity index (χ3n) is 5.57. The summed E-state index contributed by atoms with van der Waals surface area (Å²) in [4.78, 5) is 11.4. The summed E-state index contributed by atoms with van der Waals surface area (Å²) in [7, 11) is 3.23. The van der Waals surface area contributed by atoms with Crippen molar-refractivity contribution in [3.63, 3.8) is 0 Å². The van der Waals surface area contributed by atoms with Gasteiger partial charge in [-0.3, -0.25) is 0 Å². The van der Waals surface area contributed by atoms with E-state index in [1.165, 1.54) is 0 Å². The molecule has 34 heavy (non-hydrogen) atoms. The first-order valence-corrected chi connectivity index (χ1v) is 11.1. The molecule has 0 spiro atoms. The van der Waals surface area contributed by atoms with E-state index >= 15 is 0 Å². The van der Waals surface area contributed by atoms with Gasteiger partial charge in [-0.1, -0.05) is 48.5 Å². The highest BCUT2D eigenvalue weighted by atomic mass is 16.5. The van der Waals surface area contributed by atoms with Gasteiger partial charge in [0, 0.05) is 23.7 Å². The molecule has 0 bridgehead atoms. The van der Waals surface area contributed by atoms with Gasteiger partial charge in [-0.25, -0.2) is 0 Å². The van der Waals surface area contributed by atoms with Gasteiger partial charge < -0.3 is 14.4 Å². The summed E-state index contributed by atoms with van der Waals surface area (Å²) in [5.74, 6) is 1.55. The summed E-state index contributed by atoms with van der Waals surface area (Å²) in [5, 5.41) is 9.08. The third-order valence-corrected chi connectivity index (χ3v) is 5.57. The van der Waals surface area contributed by atoms with Gasteiger partial charge in [-0.2, -0.15) is 15.2 Å². The van der Waals surface area contributed by atoms with Gasteiger partial charge >= 0.3 is 6.01 Å². The monoisotopic (exact) mass is 450 g/mol. The van der Waals surface area contributed by atoms with E-state index in [0.717, 1.165) is 45.2 Å². The molecule has 0 saturated heterocycles. The zero-order valence-electron chi connectivity index (χ0n) is 19.5. The topological polar surface area (TPSA) is 71.3 Å². The highest BCUT2D eigenvalue weighted by Crippen LogP contribution is 2.36. The molecule has 4 aromatic rings. The van der Waals surface area contributed by atoms with Gasteiger partial charge in [0.15, 0.2) is 0 Å². The Morgan fingerprint density at radius 1 is 0.853 bits per heavy atom. The fourth-order valence-electron chi connectivity index (χ4n) is 3.90. The van der Waals surface area contributed by atoms with Gasteiger partial charge in [-0.15, -0.1) is 0 Å². The predicted octanol–water partition coefficient (Wildman–Crippen LogP) is 6.05. The van der Waals surface area contributed by atoms with Crippen LogP contribution in [0.5, 0.6) is 11.8 Å². The SMILES string of the molecule is CCN(c1cc(-c2cccc(CC#N)c2)nc(OC)n1)c1ccccc1-c1ccc(OC)cc1. The standard InChI is InChI=1S/C28H26N4O2/c1-4-32(26-11-6-5-10-24(26)21-12-14-23(33-2)15-13-21)27-19-25(30-28(31-27)34-3)22-9-7-8-20(18-22)16-17-29/h5-15,18-19H,4,16H2,1-3H3. The molecule has 6 heteroatoms. The maximum absolute atomic E-state index is 9.08. The molecule has 0 amide bonds. The normalized spacial score (nSPS) is 10.4. The van der Waals surface area contributed by atoms with Gasteiger partial charge in [0.2, 0.25) is 0 Å². The Morgan fingerprint density at radius 2 is 1.65 bits per heavy atom. The molecule has 3 aromatic carbocycles. The highest BCUT2D eigenvalue weighted by Gasteiger charge is 2.17. The number of benzene rings is 3. The molecule has 1 heterocycles. The zero-order chi connectivity index (χ0) is 23.9. The number of ether oxygens (including phenoxy) is 2. The maximum atomic E-state index is 9.08. The molecule has 0 aliphatic heterocycles. The average molecular weight is 451 g/mol. The van der Waals surface area contributed by atoms with Gasteiger partial charge in [0.05, 0.1) is 38.1 Å². The van der Waals surface area contributed by atoms with Crippen molar-refractivity contribution in [1.82, 2.24) is 9.97 Å². The number of hydrogen-bond acceptors (Lipinski definition) is 6. The fourth-order valence-corrected chi connectivity index (χ4v) is 3.90. The summed E-state index contributed by atoms with van der Waals surface area (Å²) in [5.41, 5.74) is 5.79. The Labute approximate surface area is 200 Å². The largest absolute Gasteiger partial charge is 0.497 e. The number of para-hydroxylation sites is 1. The van der Waals surface area contributed by atoms with Crippen LogP contribution in [0.4, 0.5) is 11.5 Å². The lowest BCUT2D eigenvalue weighted by atomic mass is 10.0. The quantitative estimate of drug-likeness (QED) is 0.325. The number of rotatable bonds is 8. The van der Waals surface area contributed by atoms with Gasteiger partial charge in [-0.05, 0) is 42.3 Å². The summed E-state index contributed by atoms with van der Waals surface area (Å²) in [6, 6.07) is 28.6. The molecule has 0 saturated carbocycles. The van der Waals surface area contributed by atoms with E-state index in [-0.39, 0.29) is 0 Å². The van der Waals surface area contributed by atoms with Crippen LogP contribution >= 0.6 is 0 Å². The van der Waals surface area contributed by atoms with Crippen LogP contribution in [0.3, 0.4) is 0 Å². The van der Waals surface area contributed by atoms with Crippen LogP contribution in [0.15, 0.2) is 78.9 Å². The molecular formula is C28H26N4O2. The predicted molar refractivity (Wildman–Crippen MR) is 134 cm³/mol. The Kier molecular flexibility index (Phi) is 7.04. The van der Waals surface area contributed by atoms with Crippen LogP contribution in [0.25, 0.3) is 22.4 Å². The average Bonchev–Trinajstić information content (AvgIpc) is 2.90. The molecule has 0 fully saturated rings. The number of anilines is 2. The van der Waals surface area contributed by atoms with E-state index < -0.39 is 0 Å². The summed E-state index contributed by atoms with van der Waals surface area (Å²) < 4.78 is 10.8. The highest BCUT2D eigenvalue weighted by molar-refractivity contribution is 5.82. The van der Waals surface area contributed by atoms with E-state index in [1.807, 2.05) is 54.6 Å². The molecule has 0 N–H and O–H groups in total. The van der Waals surface area contributed by atoms with Crippen LogP contribution in [-0.2, 0) is 6.42 Å². The van der Waals surface area contributed by atoms with Crippen molar-refractivity contribution in [3.05, 3.63) is 84.4 Å². The van der Waals surface area contributed by atoms with Crippen LogP contribution in [-0.4, -0.2) is 30.7 Å². The molecule has 4 rings (SSSR count). The second kappa shape index (κ2) is 10.5. The van der Waals surface area contributed by atoms with E-state index in [9.17, 15) is 0 Å². The molecule has 1 aromatic heterocycles. The Balaban J connectivity index is 1.80. The molecule has 0 aliphatic rings. The zero-order valence-corrected chi connectivity index (χ0v) is 19.5. The molecule has 0 atom stereocenters. The van der Waals surface area contributed by atoms with Crippen LogP contribution in [0, 0.1) is 11.3 Å². The summed E-state index contributed by atoms with van der Waals surface area (Å²) in [6.45, 7) is 2.79. The number of aromatic nitrogens is 2. The maximum Gasteiger partial charge on any atom is 0.318 e. The molecule has 0 aliphatic carbocycles.